The molecule has 3 aromatic rings. The highest BCUT2D eigenvalue weighted by Gasteiger charge is 2.37. The average Bonchev–Trinajstić information content (AvgIpc) is 3.20. The van der Waals surface area contributed by atoms with Gasteiger partial charge in [0.25, 0.3) is 5.91 Å². The van der Waals surface area contributed by atoms with E-state index in [1.54, 1.807) is 30.1 Å². The third-order valence-corrected chi connectivity index (χ3v) is 5.52. The first kappa shape index (κ1) is 21.5. The summed E-state index contributed by atoms with van der Waals surface area (Å²) < 4.78 is 40.2. The molecule has 0 spiro atoms. The number of carbonyl (C=O) groups is 2. The summed E-state index contributed by atoms with van der Waals surface area (Å²) in [5.74, 6) is -1.03. The molecule has 2 atom stereocenters. The number of ketones is 1. The molecule has 7 nitrogen and oxygen atoms in total. The number of Topliss-reactive ketones (excluding diaryl/α,β-unsaturated/α-hetero) is 1. The molecule has 4 rings (SSSR count). The van der Waals surface area contributed by atoms with Crippen molar-refractivity contribution in [2.24, 2.45) is 0 Å². The number of pyridine rings is 1. The van der Waals surface area contributed by atoms with Crippen molar-refractivity contribution >= 4 is 23.2 Å². The molecule has 2 aromatic heterocycles. The van der Waals surface area contributed by atoms with Gasteiger partial charge >= 0.3 is 6.18 Å². The van der Waals surface area contributed by atoms with Crippen molar-refractivity contribution in [3.8, 4) is 0 Å². The van der Waals surface area contributed by atoms with E-state index in [-0.39, 0.29) is 23.2 Å². The monoisotopic (exact) mass is 443 g/mol. The minimum Gasteiger partial charge on any atom is -0.372 e. The molecule has 0 saturated heterocycles. The van der Waals surface area contributed by atoms with E-state index in [0.717, 1.165) is 12.1 Å². The zero-order valence-electron chi connectivity index (χ0n) is 17.3. The van der Waals surface area contributed by atoms with E-state index in [1.807, 2.05) is 6.92 Å². The lowest BCUT2D eigenvalue weighted by Crippen LogP contribution is -2.29. The molecule has 1 aliphatic rings. The van der Waals surface area contributed by atoms with Crippen LogP contribution in [0.15, 0.2) is 48.8 Å². The molecule has 1 aromatic carbocycles. The van der Waals surface area contributed by atoms with Crippen LogP contribution in [-0.2, 0) is 6.18 Å². The van der Waals surface area contributed by atoms with Gasteiger partial charge in [0.2, 0.25) is 0 Å². The van der Waals surface area contributed by atoms with E-state index >= 15 is 0 Å². The van der Waals surface area contributed by atoms with Crippen LogP contribution in [0, 0.1) is 0 Å². The molecular weight excluding hydrogens is 423 g/mol. The van der Waals surface area contributed by atoms with E-state index in [9.17, 15) is 22.8 Å². The Hall–Kier alpha value is -3.69. The number of alkyl halides is 3. The number of nitrogens with one attached hydrogen (secondary N) is 2. The number of anilines is 2. The van der Waals surface area contributed by atoms with Gasteiger partial charge in [0.05, 0.1) is 35.0 Å². The Labute approximate surface area is 181 Å². The Morgan fingerprint density at radius 3 is 2.56 bits per heavy atom. The molecule has 10 heteroatoms. The topological polar surface area (TPSA) is 88.9 Å². The first-order valence-electron chi connectivity index (χ1n) is 9.93. The molecule has 0 radical (unpaired) electrons. The van der Waals surface area contributed by atoms with Crippen LogP contribution in [0.1, 0.15) is 57.3 Å². The van der Waals surface area contributed by atoms with Crippen LogP contribution < -0.4 is 10.6 Å². The van der Waals surface area contributed by atoms with Crippen LogP contribution in [-0.4, -0.2) is 33.5 Å². The molecule has 0 fully saturated rings. The predicted molar refractivity (Wildman–Crippen MR) is 112 cm³/mol. The Balaban J connectivity index is 1.64. The molecule has 1 aliphatic heterocycles. The molecule has 166 valence electrons. The highest BCUT2D eigenvalue weighted by atomic mass is 19.4. The van der Waals surface area contributed by atoms with Gasteiger partial charge in [-0.25, -0.2) is 4.98 Å². The highest BCUT2D eigenvalue weighted by molar-refractivity contribution is 6.12. The number of rotatable bonds is 4. The third kappa shape index (κ3) is 3.83. The molecule has 0 bridgehead atoms. The third-order valence-electron chi connectivity index (χ3n) is 5.52. The minimum absolute atomic E-state index is 0.188. The number of benzene rings is 1. The summed E-state index contributed by atoms with van der Waals surface area (Å²) in [6.07, 6.45) is -1.10. The van der Waals surface area contributed by atoms with E-state index in [1.165, 1.54) is 18.3 Å². The fourth-order valence-corrected chi connectivity index (χ4v) is 3.92. The van der Waals surface area contributed by atoms with Gasteiger partial charge in [0, 0.05) is 13.2 Å². The number of carbonyl (C=O) groups excluding carboxylic acids is 2. The lowest BCUT2D eigenvalue weighted by molar-refractivity contribution is -0.137. The van der Waals surface area contributed by atoms with Crippen LogP contribution in [0.4, 0.5) is 24.7 Å². The van der Waals surface area contributed by atoms with Crippen molar-refractivity contribution in [3.05, 3.63) is 71.2 Å². The molecule has 1 unspecified atom stereocenters. The summed E-state index contributed by atoms with van der Waals surface area (Å²) >= 11 is 0. The second kappa shape index (κ2) is 8.10. The summed E-state index contributed by atoms with van der Waals surface area (Å²) in [6, 6.07) is 7.64. The van der Waals surface area contributed by atoms with Crippen molar-refractivity contribution in [1.82, 2.24) is 14.8 Å². The largest absolute Gasteiger partial charge is 0.416 e. The number of nitrogens with zero attached hydrogens (tertiary/aromatic N) is 3. The second-order valence-corrected chi connectivity index (χ2v) is 7.58. The second-order valence-electron chi connectivity index (χ2n) is 7.58. The smallest absolute Gasteiger partial charge is 0.372 e. The van der Waals surface area contributed by atoms with Crippen molar-refractivity contribution < 1.29 is 22.8 Å². The summed E-state index contributed by atoms with van der Waals surface area (Å²) in [6.45, 7) is 1.87. The van der Waals surface area contributed by atoms with Crippen molar-refractivity contribution in [2.45, 2.75) is 31.5 Å². The number of fused-ring (bicyclic) bond motifs is 1. The maximum Gasteiger partial charge on any atom is 0.416 e. The predicted octanol–water partition coefficient (Wildman–Crippen LogP) is 4.52. The maximum atomic E-state index is 13.3. The van der Waals surface area contributed by atoms with Crippen LogP contribution in [0.2, 0.25) is 0 Å². The number of hydrogen-bond donors (Lipinski definition) is 2. The standard InChI is InChI=1S/C22H20F3N5O2/c1-12-10-16(13-5-7-14(8-6-13)22(23,24)25)19(31)18-17(11-28-30(12)18)29-21(32)15-4-3-9-27-20(15)26-2/h3-9,11-12,16H,10H2,1-2H3,(H,26,27)(H,29,32)/t12-,16?/m0/s1. The first-order chi connectivity index (χ1) is 15.2. The van der Waals surface area contributed by atoms with Crippen LogP contribution in [0.5, 0.6) is 0 Å². The van der Waals surface area contributed by atoms with Crippen molar-refractivity contribution in [1.29, 1.82) is 0 Å². The lowest BCUT2D eigenvalue weighted by atomic mass is 9.84. The van der Waals surface area contributed by atoms with Gasteiger partial charge in [-0.3, -0.25) is 14.3 Å². The Morgan fingerprint density at radius 1 is 1.19 bits per heavy atom. The van der Waals surface area contributed by atoms with Crippen molar-refractivity contribution in [2.75, 3.05) is 17.7 Å². The van der Waals surface area contributed by atoms with Crippen molar-refractivity contribution in [3.63, 3.8) is 0 Å². The van der Waals surface area contributed by atoms with Gasteiger partial charge in [-0.1, -0.05) is 12.1 Å². The van der Waals surface area contributed by atoms with Crippen LogP contribution >= 0.6 is 0 Å². The van der Waals surface area contributed by atoms with Crippen LogP contribution in [0.25, 0.3) is 0 Å². The molecular formula is C22H20F3N5O2. The first-order valence-corrected chi connectivity index (χ1v) is 9.93. The molecule has 32 heavy (non-hydrogen) atoms. The molecule has 2 N–H and O–H groups in total. The molecule has 0 saturated carbocycles. The lowest BCUT2D eigenvalue weighted by Gasteiger charge is -2.28. The fraction of sp³-hybridized carbons (Fsp3) is 0.273. The Kier molecular flexibility index (Phi) is 5.45. The number of amides is 1. The summed E-state index contributed by atoms with van der Waals surface area (Å²) in [5, 5.41) is 9.81. The van der Waals surface area contributed by atoms with E-state index in [4.69, 9.17) is 0 Å². The summed E-state index contributed by atoms with van der Waals surface area (Å²) in [4.78, 5) is 30.2. The van der Waals surface area contributed by atoms with Gasteiger partial charge in [0.15, 0.2) is 5.78 Å². The normalized spacial score (nSPS) is 18.2. The molecule has 3 heterocycles. The van der Waals surface area contributed by atoms with Gasteiger partial charge in [-0.05, 0) is 43.2 Å². The number of halogens is 3. The van der Waals surface area contributed by atoms with Gasteiger partial charge in [0.1, 0.15) is 11.5 Å². The molecule has 1 amide bonds. The van der Waals surface area contributed by atoms with Crippen LogP contribution in [0.3, 0.4) is 0 Å². The number of hydrogen-bond acceptors (Lipinski definition) is 5. The SMILES string of the molecule is CNc1ncccc1C(=O)Nc1cnn2c1C(=O)C(c1ccc(C(F)(F)F)cc1)C[C@@H]2C. The Bertz CT molecular complexity index is 1170. The quantitative estimate of drug-likeness (QED) is 0.619. The van der Waals surface area contributed by atoms with E-state index in [2.05, 4.69) is 20.7 Å². The maximum absolute atomic E-state index is 13.3. The van der Waals surface area contributed by atoms with Gasteiger partial charge < -0.3 is 10.6 Å². The van der Waals surface area contributed by atoms with Gasteiger partial charge in [-0.2, -0.15) is 18.3 Å². The zero-order chi connectivity index (χ0) is 23.0. The fourth-order valence-electron chi connectivity index (χ4n) is 3.92. The molecule has 0 aliphatic carbocycles. The minimum atomic E-state index is -4.45. The van der Waals surface area contributed by atoms with Gasteiger partial charge in [-0.15, -0.1) is 0 Å². The number of aromatic nitrogens is 3. The Morgan fingerprint density at radius 2 is 1.91 bits per heavy atom. The zero-order valence-corrected chi connectivity index (χ0v) is 17.3. The summed E-state index contributed by atoms with van der Waals surface area (Å²) in [5.41, 5.74) is 0.480. The van der Waals surface area contributed by atoms with E-state index < -0.39 is 23.6 Å². The average molecular weight is 443 g/mol. The van der Waals surface area contributed by atoms with E-state index in [0.29, 0.717) is 23.4 Å². The highest BCUT2D eigenvalue weighted by Crippen LogP contribution is 2.39. The summed E-state index contributed by atoms with van der Waals surface area (Å²) in [7, 11) is 1.64.